The molecule has 5 nitrogen and oxygen atoms in total. The number of likely N-dealkylation sites (tertiary alicyclic amines) is 1. The van der Waals surface area contributed by atoms with Gasteiger partial charge in [0, 0.05) is 29.9 Å². The molecule has 3 rings (SSSR count). The smallest absolute Gasteiger partial charge is 0.242 e. The largest absolute Gasteiger partial charge is 0.307 e. The van der Waals surface area contributed by atoms with Crippen LogP contribution in [0.4, 0.5) is 5.69 Å². The van der Waals surface area contributed by atoms with Gasteiger partial charge in [0.15, 0.2) is 9.84 Å². The number of likely N-dealkylation sites (N-methyl/N-ethyl adjacent to an activating group) is 1. The van der Waals surface area contributed by atoms with Gasteiger partial charge in [0.25, 0.3) is 0 Å². The Bertz CT molecular complexity index is 729. The van der Waals surface area contributed by atoms with Crippen molar-refractivity contribution in [2.45, 2.75) is 32.2 Å². The molecule has 0 radical (unpaired) electrons. The van der Waals surface area contributed by atoms with Crippen LogP contribution in [-0.4, -0.2) is 56.9 Å². The lowest BCUT2D eigenvalue weighted by Crippen LogP contribution is -2.48. The summed E-state index contributed by atoms with van der Waals surface area (Å²) in [5.41, 5.74) is 3.26. The maximum atomic E-state index is 12.7. The molecule has 126 valence electrons. The summed E-state index contributed by atoms with van der Waals surface area (Å²) >= 11 is 0. The van der Waals surface area contributed by atoms with Crippen LogP contribution in [0.15, 0.2) is 18.2 Å². The minimum Gasteiger partial charge on any atom is -0.307 e. The van der Waals surface area contributed by atoms with Crippen molar-refractivity contribution in [2.24, 2.45) is 0 Å². The monoisotopic (exact) mass is 336 g/mol. The Morgan fingerprint density at radius 3 is 2.78 bits per heavy atom. The van der Waals surface area contributed by atoms with Crippen molar-refractivity contribution in [3.8, 4) is 0 Å². The number of amides is 1. The molecule has 2 heterocycles. The van der Waals surface area contributed by atoms with E-state index in [1.54, 1.807) is 11.8 Å². The minimum atomic E-state index is -3.32. The molecule has 0 aliphatic carbocycles. The van der Waals surface area contributed by atoms with Crippen LogP contribution >= 0.6 is 0 Å². The Balaban J connectivity index is 1.99. The molecule has 23 heavy (non-hydrogen) atoms. The number of piperidine rings is 1. The predicted octanol–water partition coefficient (Wildman–Crippen LogP) is 1.56. The number of carbonyl (C=O) groups excluding carboxylic acids is 1. The maximum absolute atomic E-state index is 12.7. The summed E-state index contributed by atoms with van der Waals surface area (Å²) < 4.78 is 23.8. The number of hydrogen-bond acceptors (Lipinski definition) is 4. The number of rotatable bonds is 3. The van der Waals surface area contributed by atoms with Gasteiger partial charge >= 0.3 is 0 Å². The van der Waals surface area contributed by atoms with Crippen molar-refractivity contribution in [3.63, 3.8) is 0 Å². The molecule has 2 atom stereocenters. The van der Waals surface area contributed by atoms with Crippen LogP contribution in [0.1, 0.15) is 30.4 Å². The normalized spacial score (nSPS) is 24.4. The van der Waals surface area contributed by atoms with Crippen molar-refractivity contribution >= 4 is 21.4 Å². The summed E-state index contributed by atoms with van der Waals surface area (Å²) in [7, 11) is -1.22. The molecule has 0 saturated carbocycles. The van der Waals surface area contributed by atoms with Gasteiger partial charge in [-0.05, 0) is 38.6 Å². The Kier molecular flexibility index (Phi) is 4.23. The molecule has 0 bridgehead atoms. The fourth-order valence-corrected chi connectivity index (χ4v) is 4.48. The molecule has 0 unspecified atom stereocenters. The summed E-state index contributed by atoms with van der Waals surface area (Å²) in [6, 6.07) is 6.20. The number of sulfone groups is 1. The molecule has 1 saturated heterocycles. The fraction of sp³-hybridized carbons (Fsp3) is 0.588. The van der Waals surface area contributed by atoms with Gasteiger partial charge in [-0.2, -0.15) is 0 Å². The Morgan fingerprint density at radius 2 is 2.09 bits per heavy atom. The lowest BCUT2D eigenvalue weighted by Gasteiger charge is -2.36. The van der Waals surface area contributed by atoms with E-state index < -0.39 is 15.6 Å². The van der Waals surface area contributed by atoms with E-state index in [4.69, 9.17) is 0 Å². The van der Waals surface area contributed by atoms with Gasteiger partial charge < -0.3 is 9.80 Å². The second-order valence-corrected chi connectivity index (χ2v) is 9.08. The second kappa shape index (κ2) is 5.91. The average Bonchev–Trinajstić information content (AvgIpc) is 2.80. The summed E-state index contributed by atoms with van der Waals surface area (Å²) in [6.45, 7) is 5.47. The Morgan fingerprint density at radius 1 is 1.35 bits per heavy atom. The van der Waals surface area contributed by atoms with Crippen molar-refractivity contribution in [1.82, 2.24) is 4.90 Å². The number of fused-ring (bicyclic) bond motifs is 3. The Hall–Kier alpha value is -1.40. The van der Waals surface area contributed by atoms with E-state index in [1.165, 1.54) is 11.1 Å². The van der Waals surface area contributed by atoms with Crippen LogP contribution in [0.3, 0.4) is 0 Å². The van der Waals surface area contributed by atoms with Crippen molar-refractivity contribution in [2.75, 3.05) is 36.5 Å². The van der Waals surface area contributed by atoms with Gasteiger partial charge in [-0.1, -0.05) is 24.6 Å². The van der Waals surface area contributed by atoms with Gasteiger partial charge in [-0.25, -0.2) is 8.42 Å². The van der Waals surface area contributed by atoms with Gasteiger partial charge in [0.05, 0.1) is 0 Å². The number of nitrogens with zero attached hydrogens (tertiary/aromatic N) is 2. The zero-order chi connectivity index (χ0) is 16.8. The second-order valence-electron chi connectivity index (χ2n) is 6.73. The molecule has 1 aromatic carbocycles. The molecule has 0 N–H and O–H groups in total. The number of aryl methyl sites for hydroxylation is 1. The zero-order valence-corrected chi connectivity index (χ0v) is 14.8. The zero-order valence-electron chi connectivity index (χ0n) is 13.9. The molecular formula is C17H24N2O3S. The first-order chi connectivity index (χ1) is 10.8. The van der Waals surface area contributed by atoms with Crippen LogP contribution in [0.5, 0.6) is 0 Å². The summed E-state index contributed by atoms with van der Waals surface area (Å²) in [5, 5.41) is 0. The lowest BCUT2D eigenvalue weighted by molar-refractivity contribution is -0.116. The highest BCUT2D eigenvalue weighted by molar-refractivity contribution is 7.92. The maximum Gasteiger partial charge on any atom is 0.242 e. The number of anilines is 1. The number of carbonyl (C=O) groups is 1. The first-order valence-corrected chi connectivity index (χ1v) is 9.96. The predicted molar refractivity (Wildman–Crippen MR) is 91.6 cm³/mol. The topological polar surface area (TPSA) is 57.7 Å². The van der Waals surface area contributed by atoms with Crippen LogP contribution in [-0.2, 0) is 14.6 Å². The third kappa shape index (κ3) is 3.02. The van der Waals surface area contributed by atoms with E-state index in [1.807, 2.05) is 19.1 Å². The number of hydrogen-bond donors (Lipinski definition) is 0. The van der Waals surface area contributed by atoms with Gasteiger partial charge in [0.1, 0.15) is 5.75 Å². The van der Waals surface area contributed by atoms with Crippen LogP contribution in [0.2, 0.25) is 0 Å². The lowest BCUT2D eigenvalue weighted by atomic mass is 9.89. The summed E-state index contributed by atoms with van der Waals surface area (Å²) in [5.74, 6) is -0.397. The van der Waals surface area contributed by atoms with Crippen LogP contribution < -0.4 is 4.90 Å². The standard InChI is InChI=1S/C17H24N2O3S/c1-4-23(21,22)11-17(20)19-15-6-5-12(2)9-13(15)14-10-18(3)8-7-16(14)19/h5-6,9,14,16H,4,7-8,10-11H2,1-3H3/t14-,16+/m0/s1. The van der Waals surface area contributed by atoms with E-state index in [-0.39, 0.29) is 23.6 Å². The minimum absolute atomic E-state index is 0.00413. The SMILES string of the molecule is CCS(=O)(=O)CC(=O)N1c2ccc(C)cc2[C@@H]2CN(C)CC[C@H]21. The molecule has 1 amide bonds. The molecule has 0 aromatic heterocycles. The van der Waals surface area contributed by atoms with E-state index in [0.29, 0.717) is 0 Å². The summed E-state index contributed by atoms with van der Waals surface area (Å²) in [6.07, 6.45) is 0.882. The van der Waals surface area contributed by atoms with Crippen molar-refractivity contribution < 1.29 is 13.2 Å². The van der Waals surface area contributed by atoms with Crippen LogP contribution in [0, 0.1) is 6.92 Å². The molecule has 6 heteroatoms. The molecule has 2 aliphatic rings. The van der Waals surface area contributed by atoms with E-state index >= 15 is 0 Å². The van der Waals surface area contributed by atoms with Crippen LogP contribution in [0.25, 0.3) is 0 Å². The van der Waals surface area contributed by atoms with Crippen molar-refractivity contribution in [1.29, 1.82) is 0 Å². The van der Waals surface area contributed by atoms with E-state index in [0.717, 1.165) is 25.2 Å². The first kappa shape index (κ1) is 16.5. The first-order valence-electron chi connectivity index (χ1n) is 8.14. The molecule has 2 aliphatic heterocycles. The molecule has 1 aromatic rings. The number of benzene rings is 1. The molecular weight excluding hydrogens is 312 g/mol. The molecule has 1 fully saturated rings. The average molecular weight is 336 g/mol. The third-order valence-electron chi connectivity index (χ3n) is 5.01. The van der Waals surface area contributed by atoms with Gasteiger partial charge in [0.2, 0.25) is 5.91 Å². The highest BCUT2D eigenvalue weighted by Gasteiger charge is 2.44. The third-order valence-corrected chi connectivity index (χ3v) is 6.57. The molecule has 0 spiro atoms. The van der Waals surface area contributed by atoms with Gasteiger partial charge in [-0.15, -0.1) is 0 Å². The summed E-state index contributed by atoms with van der Waals surface area (Å²) in [4.78, 5) is 16.8. The van der Waals surface area contributed by atoms with E-state index in [9.17, 15) is 13.2 Å². The highest BCUT2D eigenvalue weighted by atomic mass is 32.2. The Labute approximate surface area is 138 Å². The quantitative estimate of drug-likeness (QED) is 0.841. The highest BCUT2D eigenvalue weighted by Crippen LogP contribution is 2.44. The van der Waals surface area contributed by atoms with Crippen molar-refractivity contribution in [3.05, 3.63) is 29.3 Å². The van der Waals surface area contributed by atoms with E-state index in [2.05, 4.69) is 18.0 Å². The van der Waals surface area contributed by atoms with Gasteiger partial charge in [-0.3, -0.25) is 4.79 Å². The fourth-order valence-electron chi connectivity index (χ4n) is 3.77.